The molecule has 0 heterocycles. The number of para-hydroxylation sites is 1. The second-order valence-corrected chi connectivity index (χ2v) is 4.97. The van der Waals surface area contributed by atoms with E-state index in [0.29, 0.717) is 23.8 Å². The molecule has 0 N–H and O–H groups in total. The minimum Gasteiger partial charge on any atom is -0.492 e. The summed E-state index contributed by atoms with van der Waals surface area (Å²) >= 11 is 0. The van der Waals surface area contributed by atoms with E-state index in [0.717, 1.165) is 19.5 Å². The van der Waals surface area contributed by atoms with Crippen LogP contribution in [0.25, 0.3) is 0 Å². The summed E-state index contributed by atoms with van der Waals surface area (Å²) < 4.78 is 5.63. The Morgan fingerprint density at radius 3 is 2.72 bits per heavy atom. The molecule has 0 aliphatic carbocycles. The molecule has 0 saturated heterocycles. The number of hydrogen-bond donors (Lipinski definition) is 0. The molecule has 0 aromatic heterocycles. The number of nitrogens with zero attached hydrogens (tertiary/aromatic N) is 2. The minimum atomic E-state index is 0.605. The number of nitriles is 1. The van der Waals surface area contributed by atoms with Gasteiger partial charge in [0.15, 0.2) is 0 Å². The lowest BCUT2D eigenvalue weighted by Gasteiger charge is -2.18. The zero-order valence-corrected chi connectivity index (χ0v) is 11.5. The van der Waals surface area contributed by atoms with Gasteiger partial charge >= 0.3 is 0 Å². The third-order valence-corrected chi connectivity index (χ3v) is 2.63. The van der Waals surface area contributed by atoms with E-state index < -0.39 is 0 Å². The largest absolute Gasteiger partial charge is 0.492 e. The van der Waals surface area contributed by atoms with Gasteiger partial charge in [-0.2, -0.15) is 5.26 Å². The van der Waals surface area contributed by atoms with E-state index in [9.17, 15) is 0 Å². The molecule has 3 heteroatoms. The van der Waals surface area contributed by atoms with E-state index in [1.54, 1.807) is 6.07 Å². The van der Waals surface area contributed by atoms with Gasteiger partial charge in [-0.05, 0) is 31.5 Å². The lowest BCUT2D eigenvalue weighted by atomic mass is 10.2. The molecule has 98 valence electrons. The van der Waals surface area contributed by atoms with Crippen molar-refractivity contribution in [1.82, 2.24) is 4.90 Å². The van der Waals surface area contributed by atoms with Crippen molar-refractivity contribution in [2.45, 2.75) is 20.3 Å². The van der Waals surface area contributed by atoms with Crippen molar-refractivity contribution in [3.8, 4) is 11.8 Å². The molecule has 0 fully saturated rings. The highest BCUT2D eigenvalue weighted by Crippen LogP contribution is 2.16. The maximum atomic E-state index is 8.92. The fraction of sp³-hybridized carbons (Fsp3) is 0.533. The van der Waals surface area contributed by atoms with Crippen molar-refractivity contribution in [2.24, 2.45) is 5.92 Å². The fourth-order valence-corrected chi connectivity index (χ4v) is 1.92. The van der Waals surface area contributed by atoms with E-state index >= 15 is 0 Å². The van der Waals surface area contributed by atoms with Crippen LogP contribution in [-0.4, -0.2) is 31.6 Å². The average Bonchev–Trinajstić information content (AvgIpc) is 2.34. The standard InChI is InChI=1S/C15H22N2O/c1-13(2)12-17(3)9-6-10-18-15-8-5-4-7-14(15)11-16/h4-5,7-8,13H,6,9-10,12H2,1-3H3. The minimum absolute atomic E-state index is 0.605. The first-order valence-electron chi connectivity index (χ1n) is 6.44. The van der Waals surface area contributed by atoms with E-state index in [-0.39, 0.29) is 0 Å². The van der Waals surface area contributed by atoms with Crippen LogP contribution in [0.4, 0.5) is 0 Å². The third-order valence-electron chi connectivity index (χ3n) is 2.63. The number of ether oxygens (including phenoxy) is 1. The van der Waals surface area contributed by atoms with Crippen LogP contribution in [0.2, 0.25) is 0 Å². The highest BCUT2D eigenvalue weighted by atomic mass is 16.5. The Morgan fingerprint density at radius 1 is 1.33 bits per heavy atom. The first-order valence-corrected chi connectivity index (χ1v) is 6.44. The molecule has 0 spiro atoms. The number of hydrogen-bond acceptors (Lipinski definition) is 3. The highest BCUT2D eigenvalue weighted by Gasteiger charge is 2.03. The lowest BCUT2D eigenvalue weighted by Crippen LogP contribution is -2.25. The summed E-state index contributed by atoms with van der Waals surface area (Å²) in [7, 11) is 2.13. The quantitative estimate of drug-likeness (QED) is 0.694. The van der Waals surface area contributed by atoms with Crippen LogP contribution in [0, 0.1) is 17.2 Å². The molecule has 0 unspecified atom stereocenters. The first kappa shape index (κ1) is 14.5. The van der Waals surface area contributed by atoms with E-state index in [1.165, 1.54) is 0 Å². The van der Waals surface area contributed by atoms with Crippen molar-refractivity contribution in [2.75, 3.05) is 26.7 Å². The van der Waals surface area contributed by atoms with Gasteiger partial charge in [0.1, 0.15) is 11.8 Å². The zero-order valence-electron chi connectivity index (χ0n) is 11.5. The fourth-order valence-electron chi connectivity index (χ4n) is 1.92. The molecule has 0 atom stereocenters. The second-order valence-electron chi connectivity index (χ2n) is 4.97. The topological polar surface area (TPSA) is 36.3 Å². The molecule has 1 aromatic rings. The van der Waals surface area contributed by atoms with Crippen LogP contribution in [0.5, 0.6) is 5.75 Å². The Hall–Kier alpha value is -1.53. The van der Waals surface area contributed by atoms with Crippen molar-refractivity contribution in [3.63, 3.8) is 0 Å². The molecule has 1 aromatic carbocycles. The summed E-state index contributed by atoms with van der Waals surface area (Å²) in [4.78, 5) is 2.31. The van der Waals surface area contributed by atoms with Gasteiger partial charge in [-0.1, -0.05) is 26.0 Å². The van der Waals surface area contributed by atoms with E-state index in [2.05, 4.69) is 31.9 Å². The van der Waals surface area contributed by atoms with Gasteiger partial charge in [0.05, 0.1) is 12.2 Å². The zero-order chi connectivity index (χ0) is 13.4. The molecule has 18 heavy (non-hydrogen) atoms. The van der Waals surface area contributed by atoms with Gasteiger partial charge in [0.25, 0.3) is 0 Å². The van der Waals surface area contributed by atoms with Gasteiger partial charge in [0, 0.05) is 13.1 Å². The molecule has 0 bridgehead atoms. The predicted molar refractivity (Wildman–Crippen MR) is 73.6 cm³/mol. The average molecular weight is 246 g/mol. The summed E-state index contributed by atoms with van der Waals surface area (Å²) in [5.74, 6) is 1.38. The molecular formula is C15H22N2O. The third kappa shape index (κ3) is 5.20. The van der Waals surface area contributed by atoms with E-state index in [1.807, 2.05) is 18.2 Å². The Morgan fingerprint density at radius 2 is 2.06 bits per heavy atom. The van der Waals surface area contributed by atoms with Crippen molar-refractivity contribution < 1.29 is 4.74 Å². The monoisotopic (exact) mass is 246 g/mol. The summed E-state index contributed by atoms with van der Waals surface area (Å²) in [6.07, 6.45) is 0.975. The van der Waals surface area contributed by atoms with Gasteiger partial charge in [-0.15, -0.1) is 0 Å². The van der Waals surface area contributed by atoms with Gasteiger partial charge in [0.2, 0.25) is 0 Å². The van der Waals surface area contributed by atoms with Crippen LogP contribution >= 0.6 is 0 Å². The normalized spacial score (nSPS) is 10.7. The summed E-state index contributed by atoms with van der Waals surface area (Å²) in [5.41, 5.74) is 0.605. The maximum Gasteiger partial charge on any atom is 0.137 e. The van der Waals surface area contributed by atoms with Gasteiger partial charge in [-0.3, -0.25) is 0 Å². The van der Waals surface area contributed by atoms with Crippen molar-refractivity contribution >= 4 is 0 Å². The van der Waals surface area contributed by atoms with E-state index in [4.69, 9.17) is 10.00 Å². The van der Waals surface area contributed by atoms with Crippen LogP contribution in [0.15, 0.2) is 24.3 Å². The van der Waals surface area contributed by atoms with Gasteiger partial charge < -0.3 is 9.64 Å². The Balaban J connectivity index is 2.28. The molecule has 0 saturated carbocycles. The van der Waals surface area contributed by atoms with Crippen LogP contribution in [-0.2, 0) is 0 Å². The molecule has 0 amide bonds. The Bertz CT molecular complexity index is 396. The molecule has 3 nitrogen and oxygen atoms in total. The van der Waals surface area contributed by atoms with Crippen molar-refractivity contribution in [1.29, 1.82) is 5.26 Å². The molecule has 0 aliphatic heterocycles. The molecule has 1 rings (SSSR count). The number of benzene rings is 1. The molecular weight excluding hydrogens is 224 g/mol. The Labute approximate surface area is 110 Å². The number of rotatable bonds is 7. The van der Waals surface area contributed by atoms with Crippen molar-refractivity contribution in [3.05, 3.63) is 29.8 Å². The molecule has 0 radical (unpaired) electrons. The smallest absolute Gasteiger partial charge is 0.137 e. The van der Waals surface area contributed by atoms with Crippen LogP contribution < -0.4 is 4.74 Å². The predicted octanol–water partition coefficient (Wildman–Crippen LogP) is 2.91. The highest BCUT2D eigenvalue weighted by molar-refractivity contribution is 5.42. The molecule has 0 aliphatic rings. The SMILES string of the molecule is CC(C)CN(C)CCCOc1ccccc1C#N. The van der Waals surface area contributed by atoms with Crippen LogP contribution in [0.1, 0.15) is 25.8 Å². The summed E-state index contributed by atoms with van der Waals surface area (Å²) in [5, 5.41) is 8.92. The summed E-state index contributed by atoms with van der Waals surface area (Å²) in [6.45, 7) is 7.22. The van der Waals surface area contributed by atoms with Gasteiger partial charge in [-0.25, -0.2) is 0 Å². The first-order chi connectivity index (χ1) is 8.63. The lowest BCUT2D eigenvalue weighted by molar-refractivity contribution is 0.247. The van der Waals surface area contributed by atoms with Crippen LogP contribution in [0.3, 0.4) is 0 Å². The maximum absolute atomic E-state index is 8.92. The summed E-state index contributed by atoms with van der Waals surface area (Å²) in [6, 6.07) is 9.50. The second kappa shape index (κ2) is 7.73. The Kier molecular flexibility index (Phi) is 6.24.